The van der Waals surface area contributed by atoms with Crippen LogP contribution >= 0.6 is 0 Å². The molecule has 4 nitrogen and oxygen atoms in total. The number of nitrogens with one attached hydrogen (secondary N) is 1. The van der Waals surface area contributed by atoms with Gasteiger partial charge in [0.25, 0.3) is 0 Å². The van der Waals surface area contributed by atoms with Gasteiger partial charge in [0.2, 0.25) is 0 Å². The molecule has 0 amide bonds. The largest absolute Gasteiger partial charge is 0.497 e. The summed E-state index contributed by atoms with van der Waals surface area (Å²) in [6.07, 6.45) is 0. The monoisotopic (exact) mass is 286 g/mol. The number of hydrogen-bond donors (Lipinski definition) is 1. The van der Waals surface area contributed by atoms with Crippen molar-refractivity contribution >= 4 is 5.69 Å². The molecule has 2 rings (SSSR count). The Kier molecular flexibility index (Phi) is 4.62. The number of halogens is 1. The van der Waals surface area contributed by atoms with E-state index in [0.717, 1.165) is 5.56 Å². The van der Waals surface area contributed by atoms with Gasteiger partial charge in [-0.2, -0.15) is 5.26 Å². The molecule has 2 aromatic rings. The molecule has 0 radical (unpaired) electrons. The summed E-state index contributed by atoms with van der Waals surface area (Å²) < 4.78 is 23.5. The lowest BCUT2D eigenvalue weighted by Crippen LogP contribution is -2.02. The van der Waals surface area contributed by atoms with Crippen LogP contribution in [0.15, 0.2) is 36.4 Å². The second kappa shape index (κ2) is 6.62. The maximum atomic E-state index is 13.1. The summed E-state index contributed by atoms with van der Waals surface area (Å²) in [6.45, 7) is 0.466. The standard InChI is InChI=1S/C16H15FN2O2/c1-20-14-5-11(6-15(8-14)21-2)10-19-16-4-3-13(17)7-12(16)9-18/h3-8,19H,10H2,1-2H3. The molecule has 0 heterocycles. The quantitative estimate of drug-likeness (QED) is 0.916. The lowest BCUT2D eigenvalue weighted by Gasteiger charge is -2.11. The third kappa shape index (κ3) is 3.63. The number of benzene rings is 2. The van der Waals surface area contributed by atoms with Crippen LogP contribution in [0.1, 0.15) is 11.1 Å². The van der Waals surface area contributed by atoms with E-state index in [-0.39, 0.29) is 5.56 Å². The average Bonchev–Trinajstić information content (AvgIpc) is 2.53. The molecule has 5 heteroatoms. The van der Waals surface area contributed by atoms with E-state index < -0.39 is 5.82 Å². The Morgan fingerprint density at radius 2 is 1.76 bits per heavy atom. The van der Waals surface area contributed by atoms with E-state index in [9.17, 15) is 4.39 Å². The number of rotatable bonds is 5. The highest BCUT2D eigenvalue weighted by molar-refractivity contribution is 5.57. The number of nitriles is 1. The van der Waals surface area contributed by atoms with Gasteiger partial charge in [0, 0.05) is 12.6 Å². The normalized spacial score (nSPS) is 9.81. The predicted molar refractivity (Wildman–Crippen MR) is 78.0 cm³/mol. The van der Waals surface area contributed by atoms with Crippen LogP contribution in [0, 0.1) is 17.1 Å². The first-order chi connectivity index (χ1) is 10.2. The van der Waals surface area contributed by atoms with Gasteiger partial charge >= 0.3 is 0 Å². The van der Waals surface area contributed by atoms with Gasteiger partial charge in [-0.1, -0.05) is 0 Å². The molecule has 0 aliphatic heterocycles. The number of anilines is 1. The first-order valence-corrected chi connectivity index (χ1v) is 6.31. The Labute approximate surface area is 122 Å². The lowest BCUT2D eigenvalue weighted by molar-refractivity contribution is 0.393. The molecule has 0 aliphatic rings. The summed E-state index contributed by atoms with van der Waals surface area (Å²) in [5, 5.41) is 12.1. The summed E-state index contributed by atoms with van der Waals surface area (Å²) in [7, 11) is 3.17. The third-order valence-electron chi connectivity index (χ3n) is 3.00. The number of ether oxygens (including phenoxy) is 2. The molecule has 0 spiro atoms. The molecule has 0 aromatic heterocycles. The second-order valence-corrected chi connectivity index (χ2v) is 4.38. The van der Waals surface area contributed by atoms with Crippen molar-refractivity contribution in [3.05, 3.63) is 53.3 Å². The van der Waals surface area contributed by atoms with E-state index >= 15 is 0 Å². The van der Waals surface area contributed by atoms with Crippen molar-refractivity contribution in [3.63, 3.8) is 0 Å². The van der Waals surface area contributed by atoms with Gasteiger partial charge in [0.15, 0.2) is 0 Å². The number of hydrogen-bond acceptors (Lipinski definition) is 4. The van der Waals surface area contributed by atoms with Crippen LogP contribution in [-0.4, -0.2) is 14.2 Å². The van der Waals surface area contributed by atoms with Crippen LogP contribution in [0.3, 0.4) is 0 Å². The summed E-state index contributed by atoms with van der Waals surface area (Å²) in [5.41, 5.74) is 1.78. The van der Waals surface area contributed by atoms with Crippen molar-refractivity contribution < 1.29 is 13.9 Å². The summed E-state index contributed by atoms with van der Waals surface area (Å²) in [6, 6.07) is 11.5. The highest BCUT2D eigenvalue weighted by Gasteiger charge is 2.05. The maximum absolute atomic E-state index is 13.1. The predicted octanol–water partition coefficient (Wildman–Crippen LogP) is 3.33. The number of methoxy groups -OCH3 is 2. The summed E-state index contributed by atoms with van der Waals surface area (Å²) in [4.78, 5) is 0. The zero-order chi connectivity index (χ0) is 15.2. The van der Waals surface area contributed by atoms with Gasteiger partial charge in [-0.05, 0) is 35.9 Å². The van der Waals surface area contributed by atoms with Gasteiger partial charge in [-0.15, -0.1) is 0 Å². The average molecular weight is 286 g/mol. The Bertz CT molecular complexity index is 658. The van der Waals surface area contributed by atoms with Crippen LogP contribution in [-0.2, 0) is 6.54 Å². The van der Waals surface area contributed by atoms with E-state index in [4.69, 9.17) is 14.7 Å². The van der Waals surface area contributed by atoms with Gasteiger partial charge in [-0.25, -0.2) is 4.39 Å². The van der Waals surface area contributed by atoms with Crippen LogP contribution in [0.4, 0.5) is 10.1 Å². The summed E-state index contributed by atoms with van der Waals surface area (Å²) >= 11 is 0. The van der Waals surface area contributed by atoms with Crippen molar-refractivity contribution in [2.75, 3.05) is 19.5 Å². The first kappa shape index (κ1) is 14.7. The molecule has 0 saturated carbocycles. The van der Waals surface area contributed by atoms with Crippen LogP contribution < -0.4 is 14.8 Å². The molecule has 1 N–H and O–H groups in total. The molecule has 108 valence electrons. The minimum atomic E-state index is -0.430. The molecule has 0 saturated heterocycles. The Hall–Kier alpha value is -2.74. The molecule has 21 heavy (non-hydrogen) atoms. The molecule has 0 fully saturated rings. The Morgan fingerprint density at radius 1 is 1.10 bits per heavy atom. The van der Waals surface area contributed by atoms with Crippen LogP contribution in [0.2, 0.25) is 0 Å². The third-order valence-corrected chi connectivity index (χ3v) is 3.00. The molecular weight excluding hydrogens is 271 g/mol. The van der Waals surface area contributed by atoms with E-state index in [1.165, 1.54) is 12.1 Å². The van der Waals surface area contributed by atoms with Crippen molar-refractivity contribution in [1.82, 2.24) is 0 Å². The van der Waals surface area contributed by atoms with Crippen molar-refractivity contribution in [2.24, 2.45) is 0 Å². The van der Waals surface area contributed by atoms with E-state index in [1.54, 1.807) is 26.4 Å². The molecule has 0 bridgehead atoms. The van der Waals surface area contributed by atoms with Crippen LogP contribution in [0.5, 0.6) is 11.5 Å². The highest BCUT2D eigenvalue weighted by Crippen LogP contribution is 2.24. The second-order valence-electron chi connectivity index (χ2n) is 4.38. The zero-order valence-electron chi connectivity index (χ0n) is 11.8. The van der Waals surface area contributed by atoms with Gasteiger partial charge in [0.05, 0.1) is 25.5 Å². The maximum Gasteiger partial charge on any atom is 0.124 e. The Morgan fingerprint density at radius 3 is 2.33 bits per heavy atom. The SMILES string of the molecule is COc1cc(CNc2ccc(F)cc2C#N)cc(OC)c1. The van der Waals surface area contributed by atoms with Gasteiger partial charge < -0.3 is 14.8 Å². The van der Waals surface area contributed by atoms with Gasteiger partial charge in [-0.3, -0.25) is 0 Å². The van der Waals surface area contributed by atoms with E-state index in [0.29, 0.717) is 23.7 Å². The fraction of sp³-hybridized carbons (Fsp3) is 0.188. The minimum absolute atomic E-state index is 0.268. The van der Waals surface area contributed by atoms with Gasteiger partial charge in [0.1, 0.15) is 23.4 Å². The van der Waals surface area contributed by atoms with Crippen molar-refractivity contribution in [3.8, 4) is 17.6 Å². The Balaban J connectivity index is 2.18. The number of nitrogens with zero attached hydrogens (tertiary/aromatic N) is 1. The van der Waals surface area contributed by atoms with E-state index in [2.05, 4.69) is 5.32 Å². The molecule has 0 atom stereocenters. The topological polar surface area (TPSA) is 54.3 Å². The van der Waals surface area contributed by atoms with Crippen molar-refractivity contribution in [1.29, 1.82) is 5.26 Å². The van der Waals surface area contributed by atoms with Crippen molar-refractivity contribution in [2.45, 2.75) is 6.54 Å². The molecule has 2 aromatic carbocycles. The molecule has 0 aliphatic carbocycles. The summed E-state index contributed by atoms with van der Waals surface area (Å²) in [5.74, 6) is 0.941. The smallest absolute Gasteiger partial charge is 0.124 e. The van der Waals surface area contributed by atoms with E-state index in [1.807, 2.05) is 18.2 Å². The molecule has 0 unspecified atom stereocenters. The fourth-order valence-corrected chi connectivity index (χ4v) is 1.93. The van der Waals surface area contributed by atoms with Crippen LogP contribution in [0.25, 0.3) is 0 Å². The minimum Gasteiger partial charge on any atom is -0.497 e. The zero-order valence-corrected chi connectivity index (χ0v) is 11.8. The fourth-order valence-electron chi connectivity index (χ4n) is 1.93. The first-order valence-electron chi connectivity index (χ1n) is 6.31. The highest BCUT2D eigenvalue weighted by atomic mass is 19.1. The molecular formula is C16H15FN2O2. The lowest BCUT2D eigenvalue weighted by atomic mass is 10.1.